The number of imide groups is 1. The molecule has 0 saturated carbocycles. The second-order valence-corrected chi connectivity index (χ2v) is 6.30. The molecule has 1 heterocycles. The van der Waals surface area contributed by atoms with Crippen LogP contribution in [0.25, 0.3) is 0 Å². The number of hydrogen-bond acceptors (Lipinski definition) is 4. The van der Waals surface area contributed by atoms with E-state index < -0.39 is 11.9 Å². The van der Waals surface area contributed by atoms with E-state index in [1.54, 1.807) is 25.1 Å². The van der Waals surface area contributed by atoms with Crippen molar-refractivity contribution >= 4 is 23.4 Å². The van der Waals surface area contributed by atoms with Gasteiger partial charge < -0.3 is 10.1 Å². The van der Waals surface area contributed by atoms with Crippen molar-refractivity contribution in [2.75, 3.05) is 11.9 Å². The van der Waals surface area contributed by atoms with E-state index in [-0.39, 0.29) is 23.7 Å². The molecule has 1 aromatic carbocycles. The van der Waals surface area contributed by atoms with E-state index in [1.807, 2.05) is 25.1 Å². The summed E-state index contributed by atoms with van der Waals surface area (Å²) in [6, 6.07) is 6.23. The van der Waals surface area contributed by atoms with Gasteiger partial charge in [-0.2, -0.15) is 0 Å². The Morgan fingerprint density at radius 2 is 1.80 bits per heavy atom. The fourth-order valence-corrected chi connectivity index (χ4v) is 3.41. The van der Waals surface area contributed by atoms with Gasteiger partial charge >= 0.3 is 0 Å². The van der Waals surface area contributed by atoms with Crippen LogP contribution in [0.5, 0.6) is 5.75 Å². The van der Waals surface area contributed by atoms with E-state index >= 15 is 0 Å². The van der Waals surface area contributed by atoms with E-state index in [9.17, 15) is 14.4 Å². The summed E-state index contributed by atoms with van der Waals surface area (Å²) < 4.78 is 5.49. The number of ether oxygens (including phenoxy) is 1. The third-order valence-electron chi connectivity index (χ3n) is 4.75. The van der Waals surface area contributed by atoms with E-state index in [2.05, 4.69) is 5.32 Å². The average molecular weight is 342 g/mol. The first-order valence-electron chi connectivity index (χ1n) is 8.59. The van der Waals surface area contributed by atoms with Crippen LogP contribution in [-0.2, 0) is 14.4 Å². The highest BCUT2D eigenvalue weighted by atomic mass is 16.5. The zero-order chi connectivity index (χ0) is 18.0. The molecule has 0 bridgehead atoms. The Labute approximate surface area is 146 Å². The number of carbonyl (C=O) groups is 3. The van der Waals surface area contributed by atoms with Crippen LogP contribution in [0.2, 0.25) is 0 Å². The van der Waals surface area contributed by atoms with Crippen molar-refractivity contribution in [3.63, 3.8) is 0 Å². The molecule has 3 atom stereocenters. The summed E-state index contributed by atoms with van der Waals surface area (Å²) in [6.07, 6.45) is 4.98. The van der Waals surface area contributed by atoms with Gasteiger partial charge in [0.15, 0.2) is 0 Å². The number of benzene rings is 1. The number of likely N-dealkylation sites (tertiary alicyclic amines) is 1. The molecule has 0 unspecified atom stereocenters. The van der Waals surface area contributed by atoms with Crippen LogP contribution in [0, 0.1) is 11.8 Å². The Kier molecular flexibility index (Phi) is 4.88. The molecule has 1 aliphatic heterocycles. The predicted molar refractivity (Wildman–Crippen MR) is 92.9 cm³/mol. The lowest BCUT2D eigenvalue weighted by molar-refractivity contribution is -0.146. The van der Waals surface area contributed by atoms with E-state index in [4.69, 9.17) is 4.74 Å². The lowest BCUT2D eigenvalue weighted by Gasteiger charge is -2.23. The fourth-order valence-electron chi connectivity index (χ4n) is 3.41. The SMILES string of the molecule is CCOc1ccccc1NC(=O)[C@H](C)N1C(=O)[C@@H]2CC=CC[C@H]2C1=O. The molecule has 6 heteroatoms. The van der Waals surface area contributed by atoms with Crippen molar-refractivity contribution in [2.24, 2.45) is 11.8 Å². The van der Waals surface area contributed by atoms with Gasteiger partial charge in [-0.15, -0.1) is 0 Å². The lowest BCUT2D eigenvalue weighted by Crippen LogP contribution is -2.46. The van der Waals surface area contributed by atoms with Gasteiger partial charge in [0, 0.05) is 0 Å². The topological polar surface area (TPSA) is 75.7 Å². The normalized spacial score (nSPS) is 23.4. The Morgan fingerprint density at radius 3 is 2.40 bits per heavy atom. The summed E-state index contributed by atoms with van der Waals surface area (Å²) in [6.45, 7) is 3.92. The van der Waals surface area contributed by atoms with Crippen molar-refractivity contribution in [1.29, 1.82) is 0 Å². The summed E-state index contributed by atoms with van der Waals surface area (Å²) >= 11 is 0. The minimum atomic E-state index is -0.861. The highest BCUT2D eigenvalue weighted by Gasteiger charge is 2.50. The molecule has 0 aromatic heterocycles. The highest BCUT2D eigenvalue weighted by Crippen LogP contribution is 2.36. The minimum Gasteiger partial charge on any atom is -0.492 e. The minimum absolute atomic E-state index is 0.250. The molecule has 3 amide bonds. The Bertz CT molecular complexity index is 702. The maximum Gasteiger partial charge on any atom is 0.247 e. The van der Waals surface area contributed by atoms with Gasteiger partial charge in [0.1, 0.15) is 11.8 Å². The van der Waals surface area contributed by atoms with Crippen molar-refractivity contribution in [2.45, 2.75) is 32.7 Å². The van der Waals surface area contributed by atoms with Crippen LogP contribution in [-0.4, -0.2) is 35.3 Å². The Balaban J connectivity index is 1.75. The first-order chi connectivity index (χ1) is 12.0. The number of hydrogen-bond donors (Lipinski definition) is 1. The lowest BCUT2D eigenvalue weighted by atomic mass is 9.85. The molecule has 2 aliphatic rings. The molecular weight excluding hydrogens is 320 g/mol. The summed E-state index contributed by atoms with van der Waals surface area (Å²) in [5.41, 5.74) is 0.527. The van der Waals surface area contributed by atoms with Gasteiger partial charge in [0.2, 0.25) is 17.7 Å². The smallest absolute Gasteiger partial charge is 0.247 e. The highest BCUT2D eigenvalue weighted by molar-refractivity contribution is 6.10. The van der Waals surface area contributed by atoms with Gasteiger partial charge in [-0.1, -0.05) is 24.3 Å². The number of anilines is 1. The summed E-state index contributed by atoms with van der Waals surface area (Å²) in [7, 11) is 0. The molecule has 1 saturated heterocycles. The van der Waals surface area contributed by atoms with E-state index in [0.717, 1.165) is 4.90 Å². The number of rotatable bonds is 5. The standard InChI is InChI=1S/C19H22N2O4/c1-3-25-16-11-7-6-10-15(16)20-17(22)12(2)21-18(23)13-8-4-5-9-14(13)19(21)24/h4-7,10-14H,3,8-9H2,1-2H3,(H,20,22)/t12-,13+,14+/m0/s1. The average Bonchev–Trinajstić information content (AvgIpc) is 2.87. The van der Waals surface area contributed by atoms with E-state index in [1.165, 1.54) is 0 Å². The van der Waals surface area contributed by atoms with Gasteiger partial charge in [-0.3, -0.25) is 19.3 Å². The van der Waals surface area contributed by atoms with Gasteiger partial charge in [0.25, 0.3) is 0 Å². The zero-order valence-corrected chi connectivity index (χ0v) is 14.4. The number of nitrogens with one attached hydrogen (secondary N) is 1. The zero-order valence-electron chi connectivity index (χ0n) is 14.4. The molecule has 1 aromatic rings. The second kappa shape index (κ2) is 7.09. The van der Waals surface area contributed by atoms with Crippen molar-refractivity contribution in [1.82, 2.24) is 4.90 Å². The third-order valence-corrected chi connectivity index (χ3v) is 4.75. The molecule has 6 nitrogen and oxygen atoms in total. The molecule has 132 valence electrons. The Morgan fingerprint density at radius 1 is 1.20 bits per heavy atom. The van der Waals surface area contributed by atoms with Gasteiger partial charge in [-0.05, 0) is 38.8 Å². The Hall–Kier alpha value is -2.63. The van der Waals surface area contributed by atoms with Crippen LogP contribution in [0.1, 0.15) is 26.7 Å². The summed E-state index contributed by atoms with van der Waals surface area (Å²) in [5.74, 6) is -1.00. The molecule has 0 spiro atoms. The summed E-state index contributed by atoms with van der Waals surface area (Å²) in [5, 5.41) is 2.77. The molecule has 3 rings (SSSR count). The molecule has 25 heavy (non-hydrogen) atoms. The molecule has 1 fully saturated rings. The van der Waals surface area contributed by atoms with Crippen LogP contribution in [0.3, 0.4) is 0 Å². The maximum atomic E-state index is 12.6. The van der Waals surface area contributed by atoms with Crippen LogP contribution < -0.4 is 10.1 Å². The molecular formula is C19H22N2O4. The molecule has 0 radical (unpaired) electrons. The fraction of sp³-hybridized carbons (Fsp3) is 0.421. The largest absolute Gasteiger partial charge is 0.492 e. The van der Waals surface area contributed by atoms with Gasteiger partial charge in [-0.25, -0.2) is 0 Å². The number of carbonyl (C=O) groups excluding carboxylic acids is 3. The monoisotopic (exact) mass is 342 g/mol. The van der Waals surface area contributed by atoms with Crippen LogP contribution in [0.4, 0.5) is 5.69 Å². The van der Waals surface area contributed by atoms with E-state index in [0.29, 0.717) is 30.9 Å². The van der Waals surface area contributed by atoms with Crippen molar-refractivity contribution in [3.8, 4) is 5.75 Å². The number of allylic oxidation sites excluding steroid dienone is 2. The van der Waals surface area contributed by atoms with Crippen molar-refractivity contribution in [3.05, 3.63) is 36.4 Å². The number of amides is 3. The second-order valence-electron chi connectivity index (χ2n) is 6.30. The van der Waals surface area contributed by atoms with Crippen molar-refractivity contribution < 1.29 is 19.1 Å². The van der Waals surface area contributed by atoms with Crippen LogP contribution >= 0.6 is 0 Å². The quantitative estimate of drug-likeness (QED) is 0.658. The first kappa shape index (κ1) is 17.2. The van der Waals surface area contributed by atoms with Gasteiger partial charge in [0.05, 0.1) is 24.1 Å². The molecule has 1 aliphatic carbocycles. The summed E-state index contributed by atoms with van der Waals surface area (Å²) in [4.78, 5) is 38.9. The molecule has 1 N–H and O–H groups in total. The maximum absolute atomic E-state index is 12.6. The number of nitrogens with zero attached hydrogens (tertiary/aromatic N) is 1. The van der Waals surface area contributed by atoms with Crippen LogP contribution in [0.15, 0.2) is 36.4 Å². The first-order valence-corrected chi connectivity index (χ1v) is 8.59. The third kappa shape index (κ3) is 3.16. The number of para-hydroxylation sites is 2. The predicted octanol–water partition coefficient (Wildman–Crippen LogP) is 2.36. The number of fused-ring (bicyclic) bond motifs is 1.